The number of hydrogen-bond donors (Lipinski definition) is 1. The molecular formula is C13H17N3S. The molecule has 0 bridgehead atoms. The van der Waals surface area contributed by atoms with Crippen molar-refractivity contribution in [1.82, 2.24) is 4.98 Å². The second kappa shape index (κ2) is 5.29. The van der Waals surface area contributed by atoms with E-state index in [-0.39, 0.29) is 0 Å². The number of aromatic nitrogens is 1. The van der Waals surface area contributed by atoms with Crippen LogP contribution in [0, 0.1) is 6.92 Å². The maximum absolute atomic E-state index is 5.60. The molecule has 2 aromatic rings. The molecule has 2 aromatic heterocycles. The fraction of sp³-hybridized carbons (Fsp3) is 0.308. The normalized spacial score (nSPS) is 10.5. The van der Waals surface area contributed by atoms with E-state index in [1.165, 1.54) is 10.4 Å². The van der Waals surface area contributed by atoms with E-state index in [0.717, 1.165) is 17.9 Å². The molecule has 3 nitrogen and oxygen atoms in total. The van der Waals surface area contributed by atoms with Crippen LogP contribution < -0.4 is 10.6 Å². The average Bonchev–Trinajstić information content (AvgIpc) is 2.81. The molecule has 0 saturated heterocycles. The van der Waals surface area contributed by atoms with Crippen LogP contribution in [0.4, 0.5) is 5.82 Å². The van der Waals surface area contributed by atoms with E-state index in [1.807, 2.05) is 6.20 Å². The summed E-state index contributed by atoms with van der Waals surface area (Å²) in [5.74, 6) is 1.02. The summed E-state index contributed by atoms with van der Waals surface area (Å²) in [4.78, 5) is 7.99. The smallest absolute Gasteiger partial charge is 0.131 e. The lowest BCUT2D eigenvalue weighted by Crippen LogP contribution is -2.18. The lowest BCUT2D eigenvalue weighted by molar-refractivity contribution is 0.897. The van der Waals surface area contributed by atoms with E-state index in [1.54, 1.807) is 11.3 Å². The standard InChI is InChI=1S/C13H17N3S/c1-10-6-11(7-14)8-15-13(10)16(2)9-12-4-3-5-17-12/h3-6,8H,7,9,14H2,1-2H3. The van der Waals surface area contributed by atoms with E-state index in [2.05, 4.69) is 47.4 Å². The van der Waals surface area contributed by atoms with Gasteiger partial charge in [-0.1, -0.05) is 6.07 Å². The predicted molar refractivity (Wildman–Crippen MR) is 73.3 cm³/mol. The first kappa shape index (κ1) is 12.1. The van der Waals surface area contributed by atoms with Gasteiger partial charge in [-0.2, -0.15) is 0 Å². The molecule has 0 spiro atoms. The summed E-state index contributed by atoms with van der Waals surface area (Å²) in [6.45, 7) is 3.52. The third-order valence-corrected chi connectivity index (χ3v) is 3.54. The molecule has 0 fully saturated rings. The summed E-state index contributed by atoms with van der Waals surface area (Å²) in [5.41, 5.74) is 7.86. The fourth-order valence-corrected chi connectivity index (χ4v) is 2.61. The van der Waals surface area contributed by atoms with Crippen LogP contribution in [0.5, 0.6) is 0 Å². The Bertz CT molecular complexity index is 479. The van der Waals surface area contributed by atoms with Gasteiger partial charge in [-0.25, -0.2) is 4.98 Å². The lowest BCUT2D eigenvalue weighted by Gasteiger charge is -2.19. The summed E-state index contributed by atoms with van der Waals surface area (Å²) in [7, 11) is 2.07. The first-order valence-electron chi connectivity index (χ1n) is 5.60. The van der Waals surface area contributed by atoms with Crippen LogP contribution in [0.25, 0.3) is 0 Å². The Balaban J connectivity index is 2.16. The van der Waals surface area contributed by atoms with Crippen molar-refractivity contribution in [3.05, 3.63) is 45.8 Å². The Morgan fingerprint density at radius 1 is 1.47 bits per heavy atom. The van der Waals surface area contributed by atoms with Gasteiger partial charge in [0, 0.05) is 24.7 Å². The molecule has 17 heavy (non-hydrogen) atoms. The first-order chi connectivity index (χ1) is 8.20. The zero-order valence-electron chi connectivity index (χ0n) is 10.2. The third-order valence-electron chi connectivity index (χ3n) is 2.68. The van der Waals surface area contributed by atoms with Crippen molar-refractivity contribution in [3.63, 3.8) is 0 Å². The Morgan fingerprint density at radius 3 is 2.88 bits per heavy atom. The summed E-state index contributed by atoms with van der Waals surface area (Å²) in [6.07, 6.45) is 1.85. The first-order valence-corrected chi connectivity index (χ1v) is 6.48. The molecule has 2 N–H and O–H groups in total. The van der Waals surface area contributed by atoms with Crippen LogP contribution in [-0.4, -0.2) is 12.0 Å². The zero-order valence-corrected chi connectivity index (χ0v) is 11.0. The van der Waals surface area contributed by atoms with Crippen molar-refractivity contribution >= 4 is 17.2 Å². The van der Waals surface area contributed by atoms with E-state index in [0.29, 0.717) is 6.54 Å². The van der Waals surface area contributed by atoms with Crippen molar-refractivity contribution < 1.29 is 0 Å². The highest BCUT2D eigenvalue weighted by molar-refractivity contribution is 7.09. The van der Waals surface area contributed by atoms with Crippen molar-refractivity contribution in [2.75, 3.05) is 11.9 Å². The predicted octanol–water partition coefficient (Wildman–Crippen LogP) is 2.55. The van der Waals surface area contributed by atoms with Gasteiger partial charge in [0.05, 0.1) is 6.54 Å². The van der Waals surface area contributed by atoms with Crippen LogP contribution in [0.1, 0.15) is 16.0 Å². The van der Waals surface area contributed by atoms with Gasteiger partial charge in [0.2, 0.25) is 0 Å². The van der Waals surface area contributed by atoms with Crippen molar-refractivity contribution in [2.45, 2.75) is 20.0 Å². The quantitative estimate of drug-likeness (QED) is 0.903. The van der Waals surface area contributed by atoms with Gasteiger partial charge < -0.3 is 10.6 Å². The lowest BCUT2D eigenvalue weighted by atomic mass is 10.2. The van der Waals surface area contributed by atoms with Gasteiger partial charge in [0.15, 0.2) is 0 Å². The summed E-state index contributed by atoms with van der Waals surface area (Å²) < 4.78 is 0. The van der Waals surface area contributed by atoms with Crippen LogP contribution in [0.3, 0.4) is 0 Å². The highest BCUT2D eigenvalue weighted by Crippen LogP contribution is 2.20. The van der Waals surface area contributed by atoms with E-state index in [4.69, 9.17) is 5.73 Å². The van der Waals surface area contributed by atoms with E-state index < -0.39 is 0 Å². The number of hydrogen-bond acceptors (Lipinski definition) is 4. The Morgan fingerprint density at radius 2 is 2.29 bits per heavy atom. The molecule has 0 aliphatic carbocycles. The second-order valence-corrected chi connectivity index (χ2v) is 5.16. The minimum atomic E-state index is 0.544. The van der Waals surface area contributed by atoms with Gasteiger partial charge in [0.25, 0.3) is 0 Å². The molecule has 0 unspecified atom stereocenters. The SMILES string of the molecule is Cc1cc(CN)cnc1N(C)Cc1cccs1. The molecule has 2 rings (SSSR count). The number of nitrogens with two attached hydrogens (primary N) is 1. The van der Waals surface area contributed by atoms with Crippen LogP contribution >= 0.6 is 11.3 Å². The Hall–Kier alpha value is -1.39. The molecule has 0 radical (unpaired) electrons. The number of thiophene rings is 1. The van der Waals surface area contributed by atoms with Crippen LogP contribution in [-0.2, 0) is 13.1 Å². The van der Waals surface area contributed by atoms with Gasteiger partial charge in [-0.05, 0) is 35.6 Å². The molecule has 0 aliphatic rings. The van der Waals surface area contributed by atoms with Crippen LogP contribution in [0.15, 0.2) is 29.8 Å². The number of nitrogens with zero attached hydrogens (tertiary/aromatic N) is 2. The fourth-order valence-electron chi connectivity index (χ4n) is 1.85. The average molecular weight is 247 g/mol. The minimum absolute atomic E-state index is 0.544. The van der Waals surface area contributed by atoms with Crippen LogP contribution in [0.2, 0.25) is 0 Å². The van der Waals surface area contributed by atoms with Crippen molar-refractivity contribution in [1.29, 1.82) is 0 Å². The zero-order chi connectivity index (χ0) is 12.3. The molecule has 2 heterocycles. The largest absolute Gasteiger partial charge is 0.354 e. The van der Waals surface area contributed by atoms with Crippen molar-refractivity contribution in [3.8, 4) is 0 Å². The maximum atomic E-state index is 5.60. The Labute approximate surface area is 106 Å². The van der Waals surface area contributed by atoms with E-state index >= 15 is 0 Å². The monoisotopic (exact) mass is 247 g/mol. The molecule has 0 aromatic carbocycles. The molecular weight excluding hydrogens is 230 g/mol. The highest BCUT2D eigenvalue weighted by atomic mass is 32.1. The summed E-state index contributed by atoms with van der Waals surface area (Å²) in [6, 6.07) is 6.32. The number of anilines is 1. The molecule has 4 heteroatoms. The number of pyridine rings is 1. The maximum Gasteiger partial charge on any atom is 0.131 e. The molecule has 0 saturated carbocycles. The molecule has 0 aliphatic heterocycles. The van der Waals surface area contributed by atoms with Gasteiger partial charge in [0.1, 0.15) is 5.82 Å². The number of rotatable bonds is 4. The second-order valence-electron chi connectivity index (χ2n) is 4.12. The number of aryl methyl sites for hydroxylation is 1. The minimum Gasteiger partial charge on any atom is -0.354 e. The van der Waals surface area contributed by atoms with Gasteiger partial charge >= 0.3 is 0 Å². The molecule has 0 amide bonds. The van der Waals surface area contributed by atoms with E-state index in [9.17, 15) is 0 Å². The topological polar surface area (TPSA) is 42.1 Å². The van der Waals surface area contributed by atoms with Crippen molar-refractivity contribution in [2.24, 2.45) is 5.73 Å². The summed E-state index contributed by atoms with van der Waals surface area (Å²) >= 11 is 1.77. The van der Waals surface area contributed by atoms with Gasteiger partial charge in [-0.15, -0.1) is 11.3 Å². The molecule has 90 valence electrons. The summed E-state index contributed by atoms with van der Waals surface area (Å²) in [5, 5.41) is 2.10. The third kappa shape index (κ3) is 2.84. The van der Waals surface area contributed by atoms with Gasteiger partial charge in [-0.3, -0.25) is 0 Å². The molecule has 0 atom stereocenters. The highest BCUT2D eigenvalue weighted by Gasteiger charge is 2.07. The Kier molecular flexibility index (Phi) is 3.76.